The summed E-state index contributed by atoms with van der Waals surface area (Å²) in [6.07, 6.45) is 0.907. The number of hydrazine groups is 1. The van der Waals surface area contributed by atoms with Crippen LogP contribution in [-0.4, -0.2) is 33.1 Å². The Kier molecular flexibility index (Phi) is 6.01. The van der Waals surface area contributed by atoms with Crippen molar-refractivity contribution in [1.82, 2.24) is 21.0 Å². The molecule has 2 amide bonds. The van der Waals surface area contributed by atoms with Crippen LogP contribution in [-0.2, 0) is 9.59 Å². The van der Waals surface area contributed by atoms with E-state index in [1.807, 2.05) is 6.07 Å². The Bertz CT molecular complexity index is 714. The zero-order valence-corrected chi connectivity index (χ0v) is 12.7. The van der Waals surface area contributed by atoms with Gasteiger partial charge in [-0.05, 0) is 25.0 Å². The molecule has 9 nitrogen and oxygen atoms in total. The number of aliphatic carboxylic acids is 1. The normalized spacial score (nSPS) is 10.2. The summed E-state index contributed by atoms with van der Waals surface area (Å²) in [6.45, 7) is 0. The highest BCUT2D eigenvalue weighted by Gasteiger charge is 2.16. The molecule has 24 heavy (non-hydrogen) atoms. The molecule has 9 heteroatoms. The average molecular weight is 332 g/mol. The molecule has 126 valence electrons. The maximum Gasteiger partial charge on any atom is 0.327 e. The lowest BCUT2D eigenvalue weighted by molar-refractivity contribution is -0.137. The SMILES string of the molecule is O=C(O)CCCCC(=O)NNC(=O)c1nnc(-c2ccccc2)o1. The van der Waals surface area contributed by atoms with Crippen molar-refractivity contribution in [2.75, 3.05) is 0 Å². The van der Waals surface area contributed by atoms with Crippen molar-refractivity contribution in [3.8, 4) is 11.5 Å². The molecule has 1 aromatic carbocycles. The first-order chi connectivity index (χ1) is 11.6. The van der Waals surface area contributed by atoms with Crippen molar-refractivity contribution in [2.45, 2.75) is 25.7 Å². The summed E-state index contributed by atoms with van der Waals surface area (Å²) < 4.78 is 5.24. The maximum atomic E-state index is 11.8. The summed E-state index contributed by atoms with van der Waals surface area (Å²) in [7, 11) is 0. The quantitative estimate of drug-likeness (QED) is 0.511. The number of benzene rings is 1. The summed E-state index contributed by atoms with van der Waals surface area (Å²) in [4.78, 5) is 33.7. The summed E-state index contributed by atoms with van der Waals surface area (Å²) in [6, 6.07) is 8.94. The van der Waals surface area contributed by atoms with Crippen LogP contribution < -0.4 is 10.9 Å². The standard InChI is InChI=1S/C15H16N4O5/c20-11(8-4-5-9-12(21)22)16-17-13(23)15-19-18-14(24-15)10-6-2-1-3-7-10/h1-3,6-7H,4-5,8-9H2,(H,16,20)(H,17,23)(H,21,22). The summed E-state index contributed by atoms with van der Waals surface area (Å²) in [5, 5.41) is 15.9. The molecule has 0 spiro atoms. The molecule has 0 unspecified atom stereocenters. The Morgan fingerprint density at radius 3 is 2.42 bits per heavy atom. The predicted molar refractivity (Wildman–Crippen MR) is 81.4 cm³/mol. The number of nitrogens with zero attached hydrogens (tertiary/aromatic N) is 2. The van der Waals surface area contributed by atoms with Gasteiger partial charge in [0.25, 0.3) is 0 Å². The number of hydrogen-bond donors (Lipinski definition) is 3. The van der Waals surface area contributed by atoms with E-state index in [-0.39, 0.29) is 24.6 Å². The van der Waals surface area contributed by atoms with Crippen LogP contribution in [0.25, 0.3) is 11.5 Å². The first-order valence-corrected chi connectivity index (χ1v) is 7.26. The summed E-state index contributed by atoms with van der Waals surface area (Å²) in [5.74, 6) is -2.16. The molecule has 0 bridgehead atoms. The molecular weight excluding hydrogens is 316 g/mol. The number of aromatic nitrogens is 2. The molecule has 0 fully saturated rings. The Hall–Kier alpha value is -3.23. The van der Waals surface area contributed by atoms with Crippen LogP contribution in [0.1, 0.15) is 36.4 Å². The smallest absolute Gasteiger partial charge is 0.327 e. The molecule has 0 radical (unpaired) electrons. The van der Waals surface area contributed by atoms with Gasteiger partial charge in [0.05, 0.1) is 0 Å². The Morgan fingerprint density at radius 2 is 1.71 bits per heavy atom. The number of carboxylic acids is 1. The van der Waals surface area contributed by atoms with E-state index in [1.54, 1.807) is 24.3 Å². The van der Waals surface area contributed by atoms with Crippen molar-refractivity contribution in [3.63, 3.8) is 0 Å². The largest absolute Gasteiger partial charge is 0.481 e. The minimum atomic E-state index is -0.908. The van der Waals surface area contributed by atoms with Crippen molar-refractivity contribution in [3.05, 3.63) is 36.2 Å². The monoisotopic (exact) mass is 332 g/mol. The van der Waals surface area contributed by atoms with Crippen LogP contribution in [0.5, 0.6) is 0 Å². The van der Waals surface area contributed by atoms with Gasteiger partial charge in [-0.3, -0.25) is 25.2 Å². The van der Waals surface area contributed by atoms with Crippen molar-refractivity contribution >= 4 is 17.8 Å². The lowest BCUT2D eigenvalue weighted by Crippen LogP contribution is -2.41. The van der Waals surface area contributed by atoms with Crippen molar-refractivity contribution in [1.29, 1.82) is 0 Å². The zero-order valence-electron chi connectivity index (χ0n) is 12.7. The molecule has 0 saturated carbocycles. The van der Waals surface area contributed by atoms with E-state index in [1.165, 1.54) is 0 Å². The number of hydrogen-bond acceptors (Lipinski definition) is 6. The molecule has 1 aromatic heterocycles. The van der Waals surface area contributed by atoms with Crippen LogP contribution in [0.4, 0.5) is 0 Å². The second-order valence-electron chi connectivity index (χ2n) is 4.88. The molecule has 0 aliphatic rings. The van der Waals surface area contributed by atoms with Crippen LogP contribution in [0.15, 0.2) is 34.7 Å². The van der Waals surface area contributed by atoms with Gasteiger partial charge in [-0.1, -0.05) is 18.2 Å². The van der Waals surface area contributed by atoms with Crippen LogP contribution in [0.2, 0.25) is 0 Å². The first kappa shape index (κ1) is 17.1. The summed E-state index contributed by atoms with van der Waals surface area (Å²) >= 11 is 0. The van der Waals surface area contributed by atoms with E-state index in [0.29, 0.717) is 18.4 Å². The van der Waals surface area contributed by atoms with Crippen LogP contribution in [0, 0.1) is 0 Å². The van der Waals surface area contributed by atoms with E-state index in [2.05, 4.69) is 21.0 Å². The number of unbranched alkanes of at least 4 members (excludes halogenated alkanes) is 1. The minimum Gasteiger partial charge on any atom is -0.481 e. The van der Waals surface area contributed by atoms with Gasteiger partial charge in [-0.2, -0.15) is 0 Å². The molecule has 0 aliphatic carbocycles. The van der Waals surface area contributed by atoms with Crippen LogP contribution >= 0.6 is 0 Å². The lowest BCUT2D eigenvalue weighted by atomic mass is 10.2. The van der Waals surface area contributed by atoms with Gasteiger partial charge in [0, 0.05) is 18.4 Å². The number of amides is 2. The predicted octanol–water partition coefficient (Wildman–Crippen LogP) is 1.14. The Labute approximate surface area is 137 Å². The second-order valence-corrected chi connectivity index (χ2v) is 4.88. The van der Waals surface area contributed by atoms with E-state index in [9.17, 15) is 14.4 Å². The van der Waals surface area contributed by atoms with E-state index in [4.69, 9.17) is 9.52 Å². The number of carbonyl (C=O) groups excluding carboxylic acids is 2. The molecule has 0 atom stereocenters. The highest BCUT2D eigenvalue weighted by molar-refractivity contribution is 5.91. The molecule has 0 aliphatic heterocycles. The van der Waals surface area contributed by atoms with E-state index >= 15 is 0 Å². The van der Waals surface area contributed by atoms with E-state index < -0.39 is 17.8 Å². The van der Waals surface area contributed by atoms with Gasteiger partial charge in [0.1, 0.15) is 0 Å². The van der Waals surface area contributed by atoms with Gasteiger partial charge >= 0.3 is 17.8 Å². The number of nitrogens with one attached hydrogen (secondary N) is 2. The maximum absolute atomic E-state index is 11.8. The molecule has 2 rings (SSSR count). The Balaban J connectivity index is 1.78. The molecule has 0 saturated heterocycles. The van der Waals surface area contributed by atoms with Crippen LogP contribution in [0.3, 0.4) is 0 Å². The third kappa shape index (κ3) is 5.20. The van der Waals surface area contributed by atoms with Gasteiger partial charge in [0.15, 0.2) is 0 Å². The second kappa shape index (κ2) is 8.42. The molecule has 2 aromatic rings. The number of carboxylic acid groups (broad SMARTS) is 1. The van der Waals surface area contributed by atoms with Gasteiger partial charge in [0.2, 0.25) is 11.8 Å². The highest BCUT2D eigenvalue weighted by Crippen LogP contribution is 2.16. The first-order valence-electron chi connectivity index (χ1n) is 7.26. The topological polar surface area (TPSA) is 134 Å². The lowest BCUT2D eigenvalue weighted by Gasteiger charge is -2.04. The number of carbonyl (C=O) groups is 3. The van der Waals surface area contributed by atoms with Gasteiger partial charge < -0.3 is 9.52 Å². The zero-order chi connectivity index (χ0) is 17.4. The molecular formula is C15H16N4O5. The Morgan fingerprint density at radius 1 is 1.00 bits per heavy atom. The fraction of sp³-hybridized carbons (Fsp3) is 0.267. The fourth-order valence-corrected chi connectivity index (χ4v) is 1.82. The van der Waals surface area contributed by atoms with Gasteiger partial charge in [-0.25, -0.2) is 0 Å². The molecule has 1 heterocycles. The highest BCUT2D eigenvalue weighted by atomic mass is 16.4. The van der Waals surface area contributed by atoms with E-state index in [0.717, 1.165) is 0 Å². The third-order valence-electron chi connectivity index (χ3n) is 3.00. The number of rotatable bonds is 7. The fourth-order valence-electron chi connectivity index (χ4n) is 1.82. The van der Waals surface area contributed by atoms with Crippen molar-refractivity contribution < 1.29 is 23.9 Å². The van der Waals surface area contributed by atoms with Crippen molar-refractivity contribution in [2.24, 2.45) is 0 Å². The third-order valence-corrected chi connectivity index (χ3v) is 3.00. The van der Waals surface area contributed by atoms with Gasteiger partial charge in [-0.15, -0.1) is 10.2 Å². The molecule has 3 N–H and O–H groups in total. The summed E-state index contributed by atoms with van der Waals surface area (Å²) in [5.41, 5.74) is 5.04. The average Bonchev–Trinajstić information content (AvgIpc) is 3.07. The minimum absolute atomic E-state index is 0.00386.